The summed E-state index contributed by atoms with van der Waals surface area (Å²) in [7, 11) is 6.59. The number of pyridine rings is 4. The topological polar surface area (TPSA) is 216 Å². The molecule has 2 amide bonds. The van der Waals surface area contributed by atoms with E-state index in [0.717, 1.165) is 80.8 Å². The van der Waals surface area contributed by atoms with Crippen LogP contribution in [-0.2, 0) is 22.4 Å². The van der Waals surface area contributed by atoms with E-state index in [4.69, 9.17) is 28.4 Å². The lowest BCUT2D eigenvalue weighted by atomic mass is 9.94. The number of aromatic nitrogens is 4. The fourth-order valence-corrected chi connectivity index (χ4v) is 10.6. The normalized spacial score (nSPS) is 12.6. The van der Waals surface area contributed by atoms with Gasteiger partial charge in [0.2, 0.25) is 11.8 Å². The summed E-state index contributed by atoms with van der Waals surface area (Å²) in [4.78, 5) is 80.1. The first-order chi connectivity index (χ1) is 40.9. The van der Waals surface area contributed by atoms with E-state index in [0.29, 0.717) is 118 Å². The lowest BCUT2D eigenvalue weighted by molar-refractivity contribution is -0.118. The summed E-state index contributed by atoms with van der Waals surface area (Å²) in [6.07, 6.45) is 13.1. The average Bonchev–Trinajstić information content (AvgIpc) is 3.69. The van der Waals surface area contributed by atoms with E-state index in [9.17, 15) is 24.0 Å². The van der Waals surface area contributed by atoms with Crippen LogP contribution in [0.4, 0.5) is 11.4 Å². The molecule has 4 N–H and O–H groups in total. The molecule has 430 valence electrons. The van der Waals surface area contributed by atoms with E-state index < -0.39 is 0 Å². The summed E-state index contributed by atoms with van der Waals surface area (Å²) >= 11 is 0. The first kappa shape index (κ1) is 57.3. The minimum absolute atomic E-state index is 0.0351. The van der Waals surface area contributed by atoms with Crippen LogP contribution < -0.4 is 54.9 Å². The molecule has 17 nitrogen and oxygen atoms in total. The highest BCUT2D eigenvalue weighted by molar-refractivity contribution is 6.10. The van der Waals surface area contributed by atoms with Crippen LogP contribution in [-0.4, -0.2) is 79.9 Å². The number of amides is 2. The van der Waals surface area contributed by atoms with Gasteiger partial charge in [0.15, 0.2) is 16.3 Å². The molecule has 10 aromatic rings. The summed E-state index contributed by atoms with van der Waals surface area (Å²) in [5, 5.41) is 6.43. The molecule has 84 heavy (non-hydrogen) atoms. The number of carbonyl (C=O) groups excluding carboxylic acids is 2. The predicted octanol–water partition coefficient (Wildman–Crippen LogP) is 12.3. The number of fused-ring (bicyclic) bond motifs is 9. The highest BCUT2D eigenvalue weighted by atomic mass is 16.5. The average molecular weight is 1130 g/mol. The quantitative estimate of drug-likeness (QED) is 0.0705. The third-order valence-corrected chi connectivity index (χ3v) is 15.0. The number of benzene rings is 6. The Labute approximate surface area is 484 Å². The second-order valence-electron chi connectivity index (χ2n) is 20.3. The van der Waals surface area contributed by atoms with Crippen LogP contribution in [0.25, 0.3) is 76.9 Å². The zero-order valence-corrected chi connectivity index (χ0v) is 48.1. The maximum absolute atomic E-state index is 13.6. The summed E-state index contributed by atoms with van der Waals surface area (Å²) < 4.78 is 33.3. The largest absolute Gasteiger partial charge is 0.497 e. The zero-order chi connectivity index (χ0) is 59.0. The monoisotopic (exact) mass is 1130 g/mol. The molecule has 0 radical (unpaired) electrons. The number of methoxy groups -OCH3 is 3. The van der Waals surface area contributed by atoms with Crippen molar-refractivity contribution >= 4 is 66.7 Å². The number of rotatable bonds is 15. The molecule has 2 aliphatic heterocycles. The van der Waals surface area contributed by atoms with E-state index in [1.807, 2.05) is 111 Å². The molecule has 0 saturated heterocycles. The summed E-state index contributed by atoms with van der Waals surface area (Å²) in [5.74, 6) is 4.07. The zero-order valence-electron chi connectivity index (χ0n) is 48.1. The Balaban J connectivity index is 0.000000140. The molecule has 4 aromatic heterocycles. The van der Waals surface area contributed by atoms with Crippen molar-refractivity contribution in [2.75, 3.05) is 58.4 Å². The molecule has 0 spiro atoms. The smallest absolute Gasteiger partial charge is 0.227 e. The van der Waals surface area contributed by atoms with E-state index in [2.05, 4.69) is 32.2 Å². The van der Waals surface area contributed by atoms with Gasteiger partial charge in [-0.3, -0.25) is 29.0 Å². The number of hydrogen-bond donors (Lipinski definition) is 4. The lowest BCUT2D eigenvalue weighted by Gasteiger charge is -2.27. The van der Waals surface area contributed by atoms with E-state index in [1.165, 1.54) is 0 Å². The molecular weight excluding hydrogens is 1060 g/mol. The highest BCUT2D eigenvalue weighted by Crippen LogP contribution is 2.40. The minimum atomic E-state index is -0.0757. The van der Waals surface area contributed by atoms with E-state index in [-0.39, 0.29) is 28.1 Å². The number of aryl methyl sites for hydroxylation is 2. The molecule has 0 bridgehead atoms. The molecule has 0 atom stereocenters. The second-order valence-corrected chi connectivity index (χ2v) is 20.3. The van der Waals surface area contributed by atoms with Crippen molar-refractivity contribution in [1.82, 2.24) is 19.9 Å². The molecular formula is C67H66N6O11. The van der Waals surface area contributed by atoms with Gasteiger partial charge in [0.05, 0.1) is 79.5 Å². The highest BCUT2D eigenvalue weighted by Gasteiger charge is 2.28. The van der Waals surface area contributed by atoms with Crippen molar-refractivity contribution in [2.45, 2.75) is 65.7 Å². The van der Waals surface area contributed by atoms with Crippen molar-refractivity contribution in [1.29, 1.82) is 0 Å². The Kier molecular flexibility index (Phi) is 17.4. The molecule has 6 aromatic carbocycles. The molecule has 0 saturated carbocycles. The number of aromatic amines is 3. The summed E-state index contributed by atoms with van der Waals surface area (Å²) in [6.45, 7) is 7.75. The van der Waals surface area contributed by atoms with Gasteiger partial charge >= 0.3 is 0 Å². The van der Waals surface area contributed by atoms with Crippen LogP contribution in [0.3, 0.4) is 0 Å². The van der Waals surface area contributed by atoms with Gasteiger partial charge in [-0.25, -0.2) is 0 Å². The number of nitrogens with zero attached hydrogens (tertiary/aromatic N) is 2. The molecule has 0 aliphatic carbocycles. The fraction of sp³-hybridized carbons (Fsp3) is 0.254. The van der Waals surface area contributed by atoms with Gasteiger partial charge in [0.1, 0.15) is 34.5 Å². The number of hydrogen-bond acceptors (Lipinski definition) is 12. The molecule has 0 unspecified atom stereocenters. The fourth-order valence-electron chi connectivity index (χ4n) is 10.6. The SMILES string of the molecule is CCCOc1cc2c(c3c(=O)c(-c4ccc(OC)cc4)c[nH]c13)CCC(=O)N2.CCCOc1cc2c(c3c(=O)c(-c4ccc(OC)cc4)c[nH]c13)CCC(=O)N2C.CCCOc1cc2cnccc2c2c(=O)c(-c3ccc(OC)cc3)c[nH]c12. The van der Waals surface area contributed by atoms with Crippen LogP contribution in [0.2, 0.25) is 0 Å². The maximum Gasteiger partial charge on any atom is 0.227 e. The van der Waals surface area contributed by atoms with E-state index in [1.54, 1.807) is 64.3 Å². The molecule has 12 rings (SSSR count). The summed E-state index contributed by atoms with van der Waals surface area (Å²) in [5.41, 5.74) is 9.25. The van der Waals surface area contributed by atoms with Gasteiger partial charge in [-0.15, -0.1) is 0 Å². The van der Waals surface area contributed by atoms with Gasteiger partial charge in [-0.05, 0) is 114 Å². The molecule has 0 fully saturated rings. The van der Waals surface area contributed by atoms with Gasteiger partial charge in [0.25, 0.3) is 0 Å². The van der Waals surface area contributed by atoms with Crippen LogP contribution in [0.15, 0.2) is 142 Å². The Bertz CT molecular complexity index is 4270. The second kappa shape index (κ2) is 25.5. The van der Waals surface area contributed by atoms with Crippen LogP contribution >= 0.6 is 0 Å². The van der Waals surface area contributed by atoms with Crippen LogP contribution in [0, 0.1) is 0 Å². The number of H-pyrrole nitrogens is 3. The Morgan fingerprint density at radius 1 is 0.500 bits per heavy atom. The van der Waals surface area contributed by atoms with Crippen molar-refractivity contribution in [2.24, 2.45) is 0 Å². The van der Waals surface area contributed by atoms with Gasteiger partial charge in [0, 0.05) is 90.8 Å². The number of anilines is 2. The van der Waals surface area contributed by atoms with E-state index >= 15 is 0 Å². The molecule has 6 heterocycles. The van der Waals surface area contributed by atoms with Crippen molar-refractivity contribution in [3.63, 3.8) is 0 Å². The van der Waals surface area contributed by atoms with Crippen molar-refractivity contribution in [3.8, 4) is 67.9 Å². The van der Waals surface area contributed by atoms with Crippen LogP contribution in [0.1, 0.15) is 64.0 Å². The maximum atomic E-state index is 13.6. The number of nitrogens with one attached hydrogen (secondary N) is 4. The van der Waals surface area contributed by atoms with Crippen LogP contribution in [0.5, 0.6) is 34.5 Å². The molecule has 17 heteroatoms. The number of carbonyl (C=O) groups is 2. The van der Waals surface area contributed by atoms with Crippen molar-refractivity contribution < 1.29 is 38.0 Å². The minimum Gasteiger partial charge on any atom is -0.497 e. The Morgan fingerprint density at radius 3 is 1.40 bits per heavy atom. The third-order valence-electron chi connectivity index (χ3n) is 15.0. The van der Waals surface area contributed by atoms with Crippen molar-refractivity contribution in [3.05, 3.63) is 170 Å². The Hall–Kier alpha value is -9.90. The lowest BCUT2D eigenvalue weighted by Crippen LogP contribution is -2.32. The standard InChI is InChI=1S/C23H24N2O4.C22H22N2O4.C22H20N2O3/c1-4-11-29-19-12-18-16(9-10-20(26)25(18)2)21-22(19)24-13-17(23(21)27)14-5-7-15(28-3)8-6-14;1-3-10-28-18-11-17-15(8-9-19(25)24-17)20-21(18)23-12-16(22(20)26)13-4-6-14(27-2)7-5-13;1-3-10-27-19-11-15-12-23-9-8-17(15)20-21(19)24-13-18(22(20)25)14-4-6-16(26-2)7-5-14/h5-8,12-13H,4,9-11H2,1-3H3,(H,24,27);4-7,11-12H,3,8-10H2,1-2H3,(H,23,26)(H,24,25);4-9,11-13H,3,10H2,1-2H3,(H,24,25). The van der Waals surface area contributed by atoms with Gasteiger partial charge in [-0.2, -0.15) is 0 Å². The third kappa shape index (κ3) is 11.5. The Morgan fingerprint density at radius 2 is 0.929 bits per heavy atom. The first-order valence-corrected chi connectivity index (χ1v) is 28.1. The number of ether oxygens (including phenoxy) is 6. The first-order valence-electron chi connectivity index (χ1n) is 28.1. The molecule has 2 aliphatic rings. The van der Waals surface area contributed by atoms with Gasteiger partial charge in [-0.1, -0.05) is 57.2 Å². The summed E-state index contributed by atoms with van der Waals surface area (Å²) in [6, 6.07) is 29.7. The van der Waals surface area contributed by atoms with Gasteiger partial charge < -0.3 is 53.6 Å². The predicted molar refractivity (Wildman–Crippen MR) is 331 cm³/mol.